The van der Waals surface area contributed by atoms with Crippen LogP contribution in [0.4, 0.5) is 0 Å². The van der Waals surface area contributed by atoms with Gasteiger partial charge in [0.05, 0.1) is 19.4 Å². The molecule has 0 bridgehead atoms. The van der Waals surface area contributed by atoms with Crippen molar-refractivity contribution >= 4 is 6.08 Å². The molecule has 4 nitrogen and oxygen atoms in total. The maximum absolute atomic E-state index is 6.00. The molecule has 1 aromatic carbocycles. The molecule has 2 N–H and O–H groups in total. The molecule has 0 unspecified atom stereocenters. The number of rotatable bonds is 12. The SMILES string of the molecule is CCCCCCC1=C(NOCC[C@H]2CCCN2)C(=Cc2ccccc2OC)CCC1. The fourth-order valence-corrected chi connectivity index (χ4v) is 4.57. The molecule has 2 aliphatic rings. The first-order valence-corrected chi connectivity index (χ1v) is 12.0. The van der Waals surface area contributed by atoms with Crippen LogP contribution in [-0.4, -0.2) is 26.3 Å². The molecular weight excluding hydrogens is 372 g/mol. The lowest BCUT2D eigenvalue weighted by Gasteiger charge is -2.25. The molecule has 1 aliphatic heterocycles. The molecule has 1 saturated heterocycles. The maximum atomic E-state index is 6.00. The molecule has 1 heterocycles. The molecule has 0 amide bonds. The fraction of sp³-hybridized carbons (Fsp3) is 0.615. The summed E-state index contributed by atoms with van der Waals surface area (Å²) in [6.45, 7) is 4.16. The molecule has 3 rings (SSSR count). The number of methoxy groups -OCH3 is 1. The summed E-state index contributed by atoms with van der Waals surface area (Å²) in [7, 11) is 1.74. The van der Waals surface area contributed by atoms with Gasteiger partial charge in [-0.05, 0) is 81.2 Å². The first-order chi connectivity index (χ1) is 14.8. The summed E-state index contributed by atoms with van der Waals surface area (Å²) in [5, 5.41) is 3.55. The van der Waals surface area contributed by atoms with Crippen LogP contribution >= 0.6 is 0 Å². The lowest BCUT2D eigenvalue weighted by atomic mass is 9.88. The monoisotopic (exact) mass is 412 g/mol. The Bertz CT molecular complexity index is 705. The third-order valence-electron chi connectivity index (χ3n) is 6.31. The Morgan fingerprint density at radius 2 is 2.03 bits per heavy atom. The highest BCUT2D eigenvalue weighted by Crippen LogP contribution is 2.34. The third-order valence-corrected chi connectivity index (χ3v) is 6.31. The number of para-hydroxylation sites is 1. The minimum Gasteiger partial charge on any atom is -0.496 e. The highest BCUT2D eigenvalue weighted by atomic mass is 16.6. The molecular formula is C26H40N2O2. The molecule has 1 aromatic rings. The Morgan fingerprint density at radius 3 is 2.83 bits per heavy atom. The van der Waals surface area contributed by atoms with Crippen molar-refractivity contribution in [3.63, 3.8) is 0 Å². The predicted octanol–water partition coefficient (Wildman–Crippen LogP) is 6.15. The third kappa shape index (κ3) is 6.88. The summed E-state index contributed by atoms with van der Waals surface area (Å²) in [4.78, 5) is 6.00. The number of unbranched alkanes of at least 4 members (excludes halogenated alkanes) is 3. The van der Waals surface area contributed by atoms with Crippen LogP contribution in [-0.2, 0) is 4.84 Å². The average molecular weight is 413 g/mol. The van der Waals surface area contributed by atoms with Crippen molar-refractivity contribution in [3.05, 3.63) is 46.7 Å². The highest BCUT2D eigenvalue weighted by Gasteiger charge is 2.19. The van der Waals surface area contributed by atoms with Crippen molar-refractivity contribution in [1.29, 1.82) is 0 Å². The zero-order valence-corrected chi connectivity index (χ0v) is 19.0. The van der Waals surface area contributed by atoms with Crippen molar-refractivity contribution in [2.24, 2.45) is 0 Å². The second kappa shape index (κ2) is 12.8. The molecule has 4 heteroatoms. The van der Waals surface area contributed by atoms with E-state index in [-0.39, 0.29) is 0 Å². The summed E-state index contributed by atoms with van der Waals surface area (Å²) in [5.74, 6) is 0.924. The standard InChI is InChI=1S/C26H40N2O2/c1-3-4-5-6-11-21-13-9-14-23(20-22-12-7-8-16-25(22)29-2)26(21)28-30-19-17-24-15-10-18-27-24/h7-8,12,16,20,24,27-28H,3-6,9-11,13-15,17-19H2,1-2H3/t24-/m1/s1. The van der Waals surface area contributed by atoms with Crippen LogP contribution in [0.3, 0.4) is 0 Å². The summed E-state index contributed by atoms with van der Waals surface area (Å²) in [6.07, 6.45) is 15.7. The molecule has 0 aromatic heterocycles. The summed E-state index contributed by atoms with van der Waals surface area (Å²) in [6, 6.07) is 8.87. The lowest BCUT2D eigenvalue weighted by molar-refractivity contribution is 0.0566. The van der Waals surface area contributed by atoms with E-state index in [0.717, 1.165) is 37.3 Å². The quantitative estimate of drug-likeness (QED) is 0.319. The van der Waals surface area contributed by atoms with E-state index in [9.17, 15) is 0 Å². The van der Waals surface area contributed by atoms with Crippen molar-refractivity contribution in [3.8, 4) is 5.75 Å². The summed E-state index contributed by atoms with van der Waals surface area (Å²) < 4.78 is 5.58. The minimum absolute atomic E-state index is 0.615. The van der Waals surface area contributed by atoms with E-state index in [2.05, 4.69) is 35.9 Å². The average Bonchev–Trinajstić information content (AvgIpc) is 3.29. The van der Waals surface area contributed by atoms with Gasteiger partial charge in [0.25, 0.3) is 0 Å². The number of ether oxygens (including phenoxy) is 1. The van der Waals surface area contributed by atoms with Gasteiger partial charge in [0.1, 0.15) is 5.75 Å². The molecule has 0 radical (unpaired) electrons. The molecule has 0 saturated carbocycles. The molecule has 30 heavy (non-hydrogen) atoms. The van der Waals surface area contributed by atoms with Crippen LogP contribution in [0, 0.1) is 0 Å². The maximum Gasteiger partial charge on any atom is 0.126 e. The minimum atomic E-state index is 0.615. The van der Waals surface area contributed by atoms with Gasteiger partial charge in [0.15, 0.2) is 0 Å². The van der Waals surface area contributed by atoms with Gasteiger partial charge in [-0.1, -0.05) is 44.4 Å². The molecule has 1 atom stereocenters. The van der Waals surface area contributed by atoms with Gasteiger partial charge in [-0.3, -0.25) is 10.3 Å². The van der Waals surface area contributed by atoms with Gasteiger partial charge in [-0.2, -0.15) is 0 Å². The van der Waals surface area contributed by atoms with Crippen LogP contribution in [0.1, 0.15) is 83.1 Å². The molecule has 0 spiro atoms. The second-order valence-electron chi connectivity index (χ2n) is 8.59. The lowest BCUT2D eigenvalue weighted by Crippen LogP contribution is -2.26. The Labute approximate surface area is 183 Å². The van der Waals surface area contributed by atoms with E-state index in [0.29, 0.717) is 6.04 Å². The first-order valence-electron chi connectivity index (χ1n) is 12.0. The van der Waals surface area contributed by atoms with Crippen molar-refractivity contribution in [2.45, 2.75) is 83.6 Å². The summed E-state index contributed by atoms with van der Waals surface area (Å²) >= 11 is 0. The Hall–Kier alpha value is -1.78. The van der Waals surface area contributed by atoms with Crippen molar-refractivity contribution in [2.75, 3.05) is 20.3 Å². The second-order valence-corrected chi connectivity index (χ2v) is 8.59. The van der Waals surface area contributed by atoms with Crippen LogP contribution in [0.25, 0.3) is 6.08 Å². The van der Waals surface area contributed by atoms with E-state index in [1.54, 1.807) is 7.11 Å². The Morgan fingerprint density at radius 1 is 1.13 bits per heavy atom. The van der Waals surface area contributed by atoms with Gasteiger partial charge >= 0.3 is 0 Å². The van der Waals surface area contributed by atoms with E-state index in [1.807, 2.05) is 12.1 Å². The van der Waals surface area contributed by atoms with Gasteiger partial charge in [-0.15, -0.1) is 0 Å². The van der Waals surface area contributed by atoms with Crippen LogP contribution in [0.2, 0.25) is 0 Å². The normalized spacial score (nSPS) is 20.7. The zero-order valence-electron chi connectivity index (χ0n) is 19.0. The molecule has 1 aliphatic carbocycles. The highest BCUT2D eigenvalue weighted by molar-refractivity contribution is 5.64. The number of hydrogen-bond donors (Lipinski definition) is 2. The van der Waals surface area contributed by atoms with E-state index < -0.39 is 0 Å². The summed E-state index contributed by atoms with van der Waals surface area (Å²) in [5.41, 5.74) is 8.62. The topological polar surface area (TPSA) is 42.5 Å². The van der Waals surface area contributed by atoms with Crippen LogP contribution in [0.5, 0.6) is 5.75 Å². The zero-order chi connectivity index (χ0) is 21.0. The number of hydrogen-bond acceptors (Lipinski definition) is 4. The van der Waals surface area contributed by atoms with Gasteiger partial charge in [0, 0.05) is 11.6 Å². The Balaban J connectivity index is 1.71. The van der Waals surface area contributed by atoms with Crippen molar-refractivity contribution in [1.82, 2.24) is 10.8 Å². The molecule has 166 valence electrons. The van der Waals surface area contributed by atoms with Crippen LogP contribution < -0.4 is 15.5 Å². The molecule has 1 fully saturated rings. The van der Waals surface area contributed by atoms with E-state index >= 15 is 0 Å². The van der Waals surface area contributed by atoms with Gasteiger partial charge in [-0.25, -0.2) is 0 Å². The largest absolute Gasteiger partial charge is 0.496 e. The van der Waals surface area contributed by atoms with E-state index in [1.165, 1.54) is 74.6 Å². The van der Waals surface area contributed by atoms with E-state index in [4.69, 9.17) is 9.57 Å². The predicted molar refractivity (Wildman–Crippen MR) is 125 cm³/mol. The fourth-order valence-electron chi connectivity index (χ4n) is 4.57. The number of allylic oxidation sites excluding steroid dienone is 2. The number of nitrogens with one attached hydrogen (secondary N) is 2. The number of hydroxylamine groups is 1. The Kier molecular flexibility index (Phi) is 9.78. The van der Waals surface area contributed by atoms with Gasteiger partial charge < -0.3 is 10.1 Å². The first kappa shape index (κ1) is 22.9. The van der Waals surface area contributed by atoms with Crippen LogP contribution in [0.15, 0.2) is 41.1 Å². The smallest absolute Gasteiger partial charge is 0.126 e. The van der Waals surface area contributed by atoms with Crippen molar-refractivity contribution < 1.29 is 9.57 Å². The number of benzene rings is 1. The van der Waals surface area contributed by atoms with Gasteiger partial charge in [0.2, 0.25) is 0 Å².